The van der Waals surface area contributed by atoms with Gasteiger partial charge in [-0.3, -0.25) is 9.59 Å². The highest BCUT2D eigenvalue weighted by Gasteiger charge is 2.33. The van der Waals surface area contributed by atoms with Crippen LogP contribution in [0.15, 0.2) is 47.4 Å². The van der Waals surface area contributed by atoms with Crippen LogP contribution in [-0.4, -0.2) is 17.6 Å². The number of pyridine rings is 1. The van der Waals surface area contributed by atoms with Crippen molar-refractivity contribution in [2.75, 3.05) is 7.11 Å². The second-order valence-corrected chi connectivity index (χ2v) is 5.97. The average Bonchev–Trinajstić information content (AvgIpc) is 3.41. The zero-order valence-electron chi connectivity index (χ0n) is 13.4. The first kappa shape index (κ1) is 16.2. The van der Waals surface area contributed by atoms with Gasteiger partial charge in [-0.05, 0) is 42.5 Å². The van der Waals surface area contributed by atoms with Crippen LogP contribution < -0.4 is 15.6 Å². The highest BCUT2D eigenvalue weighted by atomic mass is 19.1. The predicted molar refractivity (Wildman–Crippen MR) is 87.3 cm³/mol. The van der Waals surface area contributed by atoms with E-state index in [9.17, 15) is 14.0 Å². The zero-order valence-corrected chi connectivity index (χ0v) is 13.4. The first-order valence-corrected chi connectivity index (χ1v) is 7.86. The van der Waals surface area contributed by atoms with E-state index < -0.39 is 11.4 Å². The van der Waals surface area contributed by atoms with Gasteiger partial charge in [0, 0.05) is 12.3 Å². The van der Waals surface area contributed by atoms with Crippen LogP contribution >= 0.6 is 0 Å². The van der Waals surface area contributed by atoms with Crippen molar-refractivity contribution in [3.05, 3.63) is 64.3 Å². The lowest BCUT2D eigenvalue weighted by Crippen LogP contribution is -2.35. The molecule has 1 fully saturated rings. The van der Waals surface area contributed by atoms with Gasteiger partial charge in [-0.15, -0.1) is 0 Å². The number of methoxy groups -OCH3 is 1. The van der Waals surface area contributed by atoms with Crippen LogP contribution in [-0.2, 0) is 11.3 Å². The van der Waals surface area contributed by atoms with E-state index in [1.807, 2.05) is 24.3 Å². The molecule has 2 aromatic rings. The molecule has 0 radical (unpaired) electrons. The van der Waals surface area contributed by atoms with Gasteiger partial charge in [-0.1, -0.05) is 12.1 Å². The van der Waals surface area contributed by atoms with Gasteiger partial charge in [0.05, 0.1) is 13.2 Å². The monoisotopic (exact) mass is 330 g/mol. The third-order valence-corrected chi connectivity index (χ3v) is 4.15. The molecule has 0 bridgehead atoms. The van der Waals surface area contributed by atoms with Gasteiger partial charge in [-0.25, -0.2) is 4.39 Å². The summed E-state index contributed by atoms with van der Waals surface area (Å²) < 4.78 is 19.5. The van der Waals surface area contributed by atoms with E-state index in [2.05, 4.69) is 5.32 Å². The third-order valence-electron chi connectivity index (χ3n) is 4.15. The number of hydrogen-bond donors (Lipinski definition) is 1. The summed E-state index contributed by atoms with van der Waals surface area (Å²) in [6.45, 7) is -0.198. The number of aromatic nitrogens is 1. The Hall–Kier alpha value is -2.63. The number of nitrogens with one attached hydrogen (secondary N) is 1. The van der Waals surface area contributed by atoms with Gasteiger partial charge in [0.1, 0.15) is 18.1 Å². The largest absolute Gasteiger partial charge is 0.497 e. The Bertz CT molecular complexity index is 782. The quantitative estimate of drug-likeness (QED) is 0.884. The molecule has 1 N–H and O–H groups in total. The number of amides is 1. The number of benzene rings is 1. The maximum Gasteiger partial charge on any atom is 0.251 e. The van der Waals surface area contributed by atoms with E-state index in [0.29, 0.717) is 5.92 Å². The van der Waals surface area contributed by atoms with E-state index in [4.69, 9.17) is 4.74 Å². The van der Waals surface area contributed by atoms with Gasteiger partial charge in [0.15, 0.2) is 0 Å². The molecule has 1 unspecified atom stereocenters. The van der Waals surface area contributed by atoms with Crippen molar-refractivity contribution in [1.82, 2.24) is 9.88 Å². The molecule has 1 aliphatic rings. The van der Waals surface area contributed by atoms with Crippen LogP contribution in [0.2, 0.25) is 0 Å². The molecule has 1 aromatic heterocycles. The molecule has 1 aliphatic carbocycles. The van der Waals surface area contributed by atoms with Crippen LogP contribution in [0, 0.1) is 11.7 Å². The Kier molecular flexibility index (Phi) is 4.64. The van der Waals surface area contributed by atoms with Gasteiger partial charge < -0.3 is 14.6 Å². The molecule has 6 heteroatoms. The summed E-state index contributed by atoms with van der Waals surface area (Å²) in [4.78, 5) is 24.0. The highest BCUT2D eigenvalue weighted by molar-refractivity contribution is 5.76. The van der Waals surface area contributed by atoms with Crippen LogP contribution in [0.1, 0.15) is 24.4 Å². The fraction of sp³-hybridized carbons (Fsp3) is 0.333. The van der Waals surface area contributed by atoms with Gasteiger partial charge in [-0.2, -0.15) is 0 Å². The molecule has 1 atom stereocenters. The second kappa shape index (κ2) is 6.86. The molecular formula is C18H19FN2O3. The van der Waals surface area contributed by atoms with Gasteiger partial charge in [0.2, 0.25) is 5.91 Å². The SMILES string of the molecule is COc1ccc(C(NC(=O)Cn2cc(F)ccc2=O)C2CC2)cc1. The second-order valence-electron chi connectivity index (χ2n) is 5.97. The Morgan fingerprint density at radius 3 is 2.62 bits per heavy atom. The summed E-state index contributed by atoms with van der Waals surface area (Å²) >= 11 is 0. The minimum atomic E-state index is -0.545. The fourth-order valence-corrected chi connectivity index (χ4v) is 2.71. The van der Waals surface area contributed by atoms with Crippen LogP contribution in [0.4, 0.5) is 4.39 Å². The van der Waals surface area contributed by atoms with Crippen molar-refractivity contribution >= 4 is 5.91 Å². The lowest BCUT2D eigenvalue weighted by molar-refractivity contribution is -0.122. The molecule has 0 spiro atoms. The van der Waals surface area contributed by atoms with Crippen molar-refractivity contribution < 1.29 is 13.9 Å². The summed E-state index contributed by atoms with van der Waals surface area (Å²) in [5.74, 6) is 0.296. The first-order valence-electron chi connectivity index (χ1n) is 7.86. The van der Waals surface area contributed by atoms with Gasteiger partial charge >= 0.3 is 0 Å². The minimum absolute atomic E-state index is 0.104. The Labute approximate surface area is 139 Å². The van der Waals surface area contributed by atoms with E-state index in [-0.39, 0.29) is 18.5 Å². The third kappa shape index (κ3) is 3.82. The van der Waals surface area contributed by atoms with Crippen LogP contribution in [0.3, 0.4) is 0 Å². The number of halogens is 1. The topological polar surface area (TPSA) is 60.3 Å². The summed E-state index contributed by atoms with van der Waals surface area (Å²) in [5.41, 5.74) is 0.595. The number of ether oxygens (including phenoxy) is 1. The standard InChI is InChI=1S/C18H19FN2O3/c1-24-15-7-4-13(5-8-15)18(12-2-3-12)20-16(22)11-21-10-14(19)6-9-17(21)23/h4-10,12,18H,2-3,11H2,1H3,(H,20,22). The van der Waals surface area contributed by atoms with Crippen molar-refractivity contribution in [3.63, 3.8) is 0 Å². The molecular weight excluding hydrogens is 311 g/mol. The number of hydrogen-bond acceptors (Lipinski definition) is 3. The normalized spacial score (nSPS) is 14.9. The Balaban J connectivity index is 1.72. The summed E-state index contributed by atoms with van der Waals surface area (Å²) in [6.07, 6.45) is 3.15. The molecule has 5 nitrogen and oxygen atoms in total. The minimum Gasteiger partial charge on any atom is -0.497 e. The van der Waals surface area contributed by atoms with Crippen molar-refractivity contribution in [1.29, 1.82) is 0 Å². The van der Waals surface area contributed by atoms with Crippen molar-refractivity contribution in [3.8, 4) is 5.75 Å². The maximum absolute atomic E-state index is 13.2. The molecule has 1 saturated carbocycles. The molecule has 1 heterocycles. The summed E-state index contributed by atoms with van der Waals surface area (Å²) in [7, 11) is 1.60. The highest BCUT2D eigenvalue weighted by Crippen LogP contribution is 2.41. The molecule has 0 aliphatic heterocycles. The first-order chi connectivity index (χ1) is 11.6. The molecule has 126 valence electrons. The van der Waals surface area contributed by atoms with E-state index >= 15 is 0 Å². The molecule has 3 rings (SSSR count). The number of carbonyl (C=O) groups excluding carboxylic acids is 1. The number of nitrogens with zero attached hydrogens (tertiary/aromatic N) is 1. The Morgan fingerprint density at radius 2 is 2.00 bits per heavy atom. The zero-order chi connectivity index (χ0) is 17.1. The lowest BCUT2D eigenvalue weighted by Gasteiger charge is -2.19. The Morgan fingerprint density at radius 1 is 1.29 bits per heavy atom. The summed E-state index contributed by atoms with van der Waals surface area (Å²) in [6, 6.07) is 9.66. The molecule has 1 amide bonds. The van der Waals surface area contributed by atoms with Gasteiger partial charge in [0.25, 0.3) is 5.56 Å². The van der Waals surface area contributed by atoms with Crippen molar-refractivity contribution in [2.45, 2.75) is 25.4 Å². The number of rotatable bonds is 6. The summed E-state index contributed by atoms with van der Waals surface area (Å²) in [5, 5.41) is 2.97. The molecule has 0 saturated heterocycles. The molecule has 24 heavy (non-hydrogen) atoms. The fourth-order valence-electron chi connectivity index (χ4n) is 2.71. The number of carbonyl (C=O) groups is 1. The van der Waals surface area contributed by atoms with E-state index in [1.54, 1.807) is 7.11 Å². The van der Waals surface area contributed by atoms with Crippen LogP contribution in [0.5, 0.6) is 5.75 Å². The average molecular weight is 330 g/mol. The lowest BCUT2D eigenvalue weighted by atomic mass is 10.0. The van der Waals surface area contributed by atoms with Crippen molar-refractivity contribution in [2.24, 2.45) is 5.92 Å². The van der Waals surface area contributed by atoms with E-state index in [1.165, 1.54) is 0 Å². The predicted octanol–water partition coefficient (Wildman–Crippen LogP) is 2.26. The van der Waals surface area contributed by atoms with Crippen LogP contribution in [0.25, 0.3) is 0 Å². The molecule has 1 aromatic carbocycles. The van der Waals surface area contributed by atoms with E-state index in [0.717, 1.165) is 47.1 Å². The maximum atomic E-state index is 13.2. The smallest absolute Gasteiger partial charge is 0.251 e.